The zero-order valence-electron chi connectivity index (χ0n) is 16.7. The molecule has 2 amide bonds. The van der Waals surface area contributed by atoms with E-state index in [2.05, 4.69) is 0 Å². The van der Waals surface area contributed by atoms with Gasteiger partial charge < -0.3 is 29.4 Å². The molecule has 0 unspecified atom stereocenters. The van der Waals surface area contributed by atoms with Gasteiger partial charge in [-0.1, -0.05) is 12.1 Å². The molecule has 0 bridgehead atoms. The van der Waals surface area contributed by atoms with Crippen LogP contribution in [0.5, 0.6) is 0 Å². The first-order valence-electron chi connectivity index (χ1n) is 9.79. The van der Waals surface area contributed by atoms with Crippen LogP contribution in [0.4, 0.5) is 0 Å². The smallest absolute Gasteiger partial charge is 0.261 e. The average molecular weight is 410 g/mol. The van der Waals surface area contributed by atoms with E-state index in [1.165, 1.54) is 4.90 Å². The number of hydrogen-bond donors (Lipinski definition) is 1. The molecule has 29 heavy (non-hydrogen) atoms. The van der Waals surface area contributed by atoms with Gasteiger partial charge in [-0.2, -0.15) is 0 Å². The van der Waals surface area contributed by atoms with Gasteiger partial charge in [0.15, 0.2) is 0 Å². The van der Waals surface area contributed by atoms with Crippen molar-refractivity contribution in [1.29, 1.82) is 0 Å². The number of rotatable bonds is 17. The Morgan fingerprint density at radius 1 is 0.621 bits per heavy atom. The highest BCUT2D eigenvalue weighted by molar-refractivity contribution is 6.21. The minimum Gasteiger partial charge on any atom is -0.378 e. The van der Waals surface area contributed by atoms with E-state index in [4.69, 9.17) is 29.4 Å². The first kappa shape index (κ1) is 23.4. The molecule has 0 fully saturated rings. The molecule has 2 rings (SSSR count). The summed E-state index contributed by atoms with van der Waals surface area (Å²) in [4.78, 5) is 25.6. The van der Waals surface area contributed by atoms with E-state index in [-0.39, 0.29) is 25.0 Å². The molecule has 2 N–H and O–H groups in total. The quantitative estimate of drug-likeness (QED) is 0.289. The fraction of sp³-hybridized carbons (Fsp3) is 0.600. The minimum absolute atomic E-state index is 0.229. The number of hydrogen-bond acceptors (Lipinski definition) is 8. The van der Waals surface area contributed by atoms with Gasteiger partial charge in [-0.3, -0.25) is 14.5 Å². The molecule has 0 aromatic heterocycles. The average Bonchev–Trinajstić information content (AvgIpc) is 2.98. The van der Waals surface area contributed by atoms with Crippen LogP contribution >= 0.6 is 0 Å². The van der Waals surface area contributed by atoms with Crippen molar-refractivity contribution in [2.24, 2.45) is 5.73 Å². The Labute approximate surface area is 171 Å². The van der Waals surface area contributed by atoms with Crippen LogP contribution in [0.3, 0.4) is 0 Å². The van der Waals surface area contributed by atoms with Gasteiger partial charge in [-0.05, 0) is 12.1 Å². The number of nitrogens with zero attached hydrogens (tertiary/aromatic N) is 1. The van der Waals surface area contributed by atoms with Crippen LogP contribution in [0.15, 0.2) is 24.3 Å². The molecule has 162 valence electrons. The Hall–Kier alpha value is -1.88. The van der Waals surface area contributed by atoms with Crippen molar-refractivity contribution < 1.29 is 33.3 Å². The van der Waals surface area contributed by atoms with Crippen molar-refractivity contribution in [3.8, 4) is 0 Å². The molecule has 0 saturated heterocycles. The van der Waals surface area contributed by atoms with Gasteiger partial charge in [0, 0.05) is 6.54 Å². The molecule has 9 heteroatoms. The van der Waals surface area contributed by atoms with Crippen molar-refractivity contribution in [2.75, 3.05) is 79.2 Å². The van der Waals surface area contributed by atoms with Gasteiger partial charge >= 0.3 is 0 Å². The van der Waals surface area contributed by atoms with E-state index in [0.717, 1.165) is 0 Å². The number of ether oxygens (including phenoxy) is 5. The third-order valence-electron chi connectivity index (χ3n) is 4.09. The zero-order valence-corrected chi connectivity index (χ0v) is 16.7. The lowest BCUT2D eigenvalue weighted by Gasteiger charge is -2.13. The largest absolute Gasteiger partial charge is 0.378 e. The number of benzene rings is 1. The molecule has 1 heterocycles. The maximum Gasteiger partial charge on any atom is 0.261 e. The molecule has 0 radical (unpaired) electrons. The SMILES string of the molecule is NCCOCCOCCOCCOCCOCCN1C(=O)c2ccccc2C1=O. The highest BCUT2D eigenvalue weighted by atomic mass is 16.6. The normalized spacial score (nSPS) is 13.3. The second-order valence-corrected chi connectivity index (χ2v) is 6.16. The monoisotopic (exact) mass is 410 g/mol. The molecule has 9 nitrogen and oxygen atoms in total. The molecular formula is C20H30N2O7. The van der Waals surface area contributed by atoms with Gasteiger partial charge in [0.05, 0.1) is 83.7 Å². The number of fused-ring (bicyclic) bond motifs is 1. The molecule has 0 saturated carbocycles. The molecule has 0 spiro atoms. The van der Waals surface area contributed by atoms with Gasteiger partial charge in [0.25, 0.3) is 11.8 Å². The summed E-state index contributed by atoms with van der Waals surface area (Å²) in [5, 5.41) is 0. The van der Waals surface area contributed by atoms with Crippen LogP contribution < -0.4 is 5.73 Å². The van der Waals surface area contributed by atoms with Crippen molar-refractivity contribution in [3.63, 3.8) is 0 Å². The fourth-order valence-corrected chi connectivity index (χ4v) is 2.66. The summed E-state index contributed by atoms with van der Waals surface area (Å²) < 4.78 is 26.7. The molecule has 1 aromatic carbocycles. The van der Waals surface area contributed by atoms with Crippen molar-refractivity contribution in [3.05, 3.63) is 35.4 Å². The first-order valence-corrected chi connectivity index (χ1v) is 9.79. The summed E-state index contributed by atoms with van der Waals surface area (Å²) in [5.74, 6) is -0.538. The second kappa shape index (κ2) is 14.2. The maximum atomic E-state index is 12.2. The number of carbonyl (C=O) groups excluding carboxylic acids is 2. The van der Waals surface area contributed by atoms with Gasteiger partial charge in [-0.15, -0.1) is 0 Å². The Morgan fingerprint density at radius 2 is 1.00 bits per heavy atom. The van der Waals surface area contributed by atoms with E-state index >= 15 is 0 Å². The molecule has 1 aliphatic rings. The third kappa shape index (κ3) is 8.17. The molecular weight excluding hydrogens is 380 g/mol. The van der Waals surface area contributed by atoms with E-state index in [1.807, 2.05) is 0 Å². The lowest BCUT2D eigenvalue weighted by atomic mass is 10.1. The highest BCUT2D eigenvalue weighted by Gasteiger charge is 2.34. The summed E-state index contributed by atoms with van der Waals surface area (Å²) in [5.41, 5.74) is 6.20. The van der Waals surface area contributed by atoms with E-state index in [1.54, 1.807) is 24.3 Å². The summed E-state index contributed by atoms with van der Waals surface area (Å²) in [6.07, 6.45) is 0. The number of amides is 2. The molecule has 0 atom stereocenters. The summed E-state index contributed by atoms with van der Waals surface area (Å²) >= 11 is 0. The second-order valence-electron chi connectivity index (χ2n) is 6.16. The van der Waals surface area contributed by atoms with Crippen LogP contribution in [-0.2, 0) is 23.7 Å². The Morgan fingerprint density at radius 3 is 1.41 bits per heavy atom. The van der Waals surface area contributed by atoms with Crippen LogP contribution in [0, 0.1) is 0 Å². The number of carbonyl (C=O) groups is 2. The van der Waals surface area contributed by atoms with E-state index in [9.17, 15) is 9.59 Å². The number of nitrogens with two attached hydrogens (primary N) is 1. The summed E-state index contributed by atoms with van der Waals surface area (Å²) in [6, 6.07) is 6.82. The van der Waals surface area contributed by atoms with Crippen LogP contribution in [0.2, 0.25) is 0 Å². The van der Waals surface area contributed by atoms with Crippen LogP contribution in [-0.4, -0.2) is 95.9 Å². The summed E-state index contributed by atoms with van der Waals surface area (Å²) in [7, 11) is 0. The highest BCUT2D eigenvalue weighted by Crippen LogP contribution is 2.21. The Kier molecular flexibility index (Phi) is 11.4. The maximum absolute atomic E-state index is 12.2. The molecule has 1 aliphatic heterocycles. The van der Waals surface area contributed by atoms with Crippen LogP contribution in [0.1, 0.15) is 20.7 Å². The summed E-state index contributed by atoms with van der Waals surface area (Å²) in [6.45, 7) is 5.36. The minimum atomic E-state index is -0.269. The van der Waals surface area contributed by atoms with Gasteiger partial charge in [-0.25, -0.2) is 0 Å². The lowest BCUT2D eigenvalue weighted by Crippen LogP contribution is -2.33. The Bertz CT molecular complexity index is 592. The topological polar surface area (TPSA) is 110 Å². The lowest BCUT2D eigenvalue weighted by molar-refractivity contribution is -0.0113. The molecule has 1 aromatic rings. The van der Waals surface area contributed by atoms with Crippen molar-refractivity contribution >= 4 is 11.8 Å². The zero-order chi connectivity index (χ0) is 20.7. The fourth-order valence-electron chi connectivity index (χ4n) is 2.66. The van der Waals surface area contributed by atoms with E-state index in [0.29, 0.717) is 77.1 Å². The van der Waals surface area contributed by atoms with E-state index < -0.39 is 0 Å². The van der Waals surface area contributed by atoms with Crippen molar-refractivity contribution in [1.82, 2.24) is 4.90 Å². The molecule has 0 aliphatic carbocycles. The number of imide groups is 1. The first-order chi connectivity index (χ1) is 14.3. The van der Waals surface area contributed by atoms with Gasteiger partial charge in [0.1, 0.15) is 0 Å². The standard InChI is InChI=1S/C20H30N2O7/c21-5-7-25-9-11-27-13-15-29-16-14-28-12-10-26-8-6-22-19(23)17-3-1-2-4-18(17)20(22)24/h1-4H,5-16,21H2. The van der Waals surface area contributed by atoms with Gasteiger partial charge in [0.2, 0.25) is 0 Å². The predicted molar refractivity (Wildman–Crippen MR) is 105 cm³/mol. The van der Waals surface area contributed by atoms with Crippen LogP contribution in [0.25, 0.3) is 0 Å². The van der Waals surface area contributed by atoms with Crippen molar-refractivity contribution in [2.45, 2.75) is 0 Å². The Balaban J connectivity index is 1.37. The third-order valence-corrected chi connectivity index (χ3v) is 4.09. The predicted octanol–water partition coefficient (Wildman–Crippen LogP) is 0.324.